The smallest absolute Gasteiger partial charge is 0.354 e. The first-order valence-corrected chi connectivity index (χ1v) is 4.31. The predicted molar refractivity (Wildman–Crippen MR) is 53.5 cm³/mol. The molecule has 80 valence electrons. The first kappa shape index (κ1) is 10.0. The molecule has 0 aliphatic carbocycles. The lowest BCUT2D eigenvalue weighted by Crippen LogP contribution is -2.06. The summed E-state index contributed by atoms with van der Waals surface area (Å²) < 4.78 is 0. The summed E-state index contributed by atoms with van der Waals surface area (Å²) in [6.07, 6.45) is 2.77. The minimum absolute atomic E-state index is 0.115. The Balaban J connectivity index is 2.84. The van der Waals surface area contributed by atoms with Crippen molar-refractivity contribution in [2.75, 3.05) is 0 Å². The van der Waals surface area contributed by atoms with Gasteiger partial charge in [0.05, 0.1) is 11.1 Å². The Hall–Kier alpha value is -2.50. The number of hydrogen-bond acceptors (Lipinski definition) is 4. The number of nitrogens with zero attached hydrogens (tertiary/aromatic N) is 2. The van der Waals surface area contributed by atoms with Crippen LogP contribution in [0, 0.1) is 0 Å². The molecule has 0 unspecified atom stereocenters. The molecule has 0 aromatic carbocycles. The lowest BCUT2D eigenvalue weighted by molar-refractivity contribution is 0.0691. The maximum atomic E-state index is 10.9. The van der Waals surface area contributed by atoms with Gasteiger partial charge in [-0.1, -0.05) is 0 Å². The number of rotatable bonds is 2. The molecule has 2 aromatic heterocycles. The Bertz CT molecular complexity index is 594. The topological polar surface area (TPSA) is 100 Å². The zero-order chi connectivity index (χ0) is 11.7. The summed E-state index contributed by atoms with van der Waals surface area (Å²) in [6, 6.07) is 2.49. The van der Waals surface area contributed by atoms with Crippen molar-refractivity contribution < 1.29 is 19.8 Å². The molecule has 0 radical (unpaired) electrons. The van der Waals surface area contributed by atoms with E-state index in [9.17, 15) is 9.59 Å². The molecular weight excluding hydrogens is 212 g/mol. The Morgan fingerprint density at radius 1 is 1.19 bits per heavy atom. The van der Waals surface area contributed by atoms with Crippen molar-refractivity contribution in [2.24, 2.45) is 0 Å². The van der Waals surface area contributed by atoms with Crippen LogP contribution < -0.4 is 0 Å². The summed E-state index contributed by atoms with van der Waals surface area (Å²) in [5.74, 6) is -2.47. The third-order valence-electron chi connectivity index (χ3n) is 2.06. The monoisotopic (exact) mass is 218 g/mol. The molecule has 16 heavy (non-hydrogen) atoms. The van der Waals surface area contributed by atoms with E-state index in [1.807, 2.05) is 0 Å². The normalized spacial score (nSPS) is 10.2. The van der Waals surface area contributed by atoms with Crippen LogP contribution in [0.3, 0.4) is 0 Å². The number of carboxylic acids is 2. The van der Waals surface area contributed by atoms with E-state index in [1.165, 1.54) is 18.5 Å². The number of pyridine rings is 2. The van der Waals surface area contributed by atoms with Crippen LogP contribution in [0.5, 0.6) is 0 Å². The summed E-state index contributed by atoms with van der Waals surface area (Å²) in [7, 11) is 0. The van der Waals surface area contributed by atoms with Gasteiger partial charge in [0.15, 0.2) is 0 Å². The first-order chi connectivity index (χ1) is 7.59. The molecule has 0 fully saturated rings. The second-order valence-electron chi connectivity index (χ2n) is 3.06. The van der Waals surface area contributed by atoms with Gasteiger partial charge in [-0.05, 0) is 12.1 Å². The Morgan fingerprint density at radius 2 is 1.94 bits per heavy atom. The highest BCUT2D eigenvalue weighted by molar-refractivity contribution is 6.04. The summed E-state index contributed by atoms with van der Waals surface area (Å²) in [5, 5.41) is 18.0. The minimum atomic E-state index is -1.26. The Labute approximate surface area is 89.2 Å². The number of carbonyl (C=O) groups is 2. The van der Waals surface area contributed by atoms with E-state index < -0.39 is 11.9 Å². The van der Waals surface area contributed by atoms with Crippen LogP contribution in [0.4, 0.5) is 0 Å². The first-order valence-electron chi connectivity index (χ1n) is 4.31. The molecule has 6 nitrogen and oxygen atoms in total. The summed E-state index contributed by atoms with van der Waals surface area (Å²) in [4.78, 5) is 29.3. The fraction of sp³-hybridized carbons (Fsp3) is 0. The van der Waals surface area contributed by atoms with Gasteiger partial charge in [-0.25, -0.2) is 14.6 Å². The Kier molecular flexibility index (Phi) is 2.24. The second-order valence-corrected chi connectivity index (χ2v) is 3.06. The number of carboxylic acid groups (broad SMARTS) is 2. The van der Waals surface area contributed by atoms with Gasteiger partial charge in [0.2, 0.25) is 0 Å². The molecular formula is C10H6N2O4. The summed E-state index contributed by atoms with van der Waals surface area (Å²) in [5.41, 5.74) is -0.112. The summed E-state index contributed by atoms with van der Waals surface area (Å²) in [6.45, 7) is 0. The van der Waals surface area contributed by atoms with Crippen molar-refractivity contribution in [3.8, 4) is 0 Å². The maximum absolute atomic E-state index is 10.9. The molecule has 6 heteroatoms. The quantitative estimate of drug-likeness (QED) is 0.780. The number of fused-ring (bicyclic) bond motifs is 1. The van der Waals surface area contributed by atoms with Gasteiger partial charge in [-0.2, -0.15) is 0 Å². The van der Waals surface area contributed by atoms with Crippen LogP contribution in [-0.4, -0.2) is 32.1 Å². The van der Waals surface area contributed by atoms with Gasteiger partial charge in [0.1, 0.15) is 5.69 Å². The standard InChI is InChI=1S/C10H6N2O4/c13-9(14)5-3-8(10(15)16)12-7-1-2-11-4-6(5)7/h1-4H,(H,13,14)(H,15,16). The molecule has 0 saturated carbocycles. The zero-order valence-electron chi connectivity index (χ0n) is 7.91. The molecule has 0 aliphatic heterocycles. The Morgan fingerprint density at radius 3 is 2.56 bits per heavy atom. The van der Waals surface area contributed by atoms with E-state index in [1.54, 1.807) is 0 Å². The van der Waals surface area contributed by atoms with Gasteiger partial charge >= 0.3 is 11.9 Å². The van der Waals surface area contributed by atoms with Crippen LogP contribution >= 0.6 is 0 Å². The molecule has 0 amide bonds. The van der Waals surface area contributed by atoms with Crippen LogP contribution in [0.1, 0.15) is 20.8 Å². The van der Waals surface area contributed by atoms with Gasteiger partial charge in [0, 0.05) is 17.8 Å². The van der Waals surface area contributed by atoms with E-state index in [2.05, 4.69) is 9.97 Å². The zero-order valence-corrected chi connectivity index (χ0v) is 7.91. The van der Waals surface area contributed by atoms with Crippen molar-refractivity contribution in [1.29, 1.82) is 0 Å². The lowest BCUT2D eigenvalue weighted by atomic mass is 10.1. The second kappa shape index (κ2) is 3.58. The van der Waals surface area contributed by atoms with Gasteiger partial charge < -0.3 is 10.2 Å². The molecule has 0 atom stereocenters. The van der Waals surface area contributed by atoms with E-state index in [-0.39, 0.29) is 11.3 Å². The fourth-order valence-electron chi connectivity index (χ4n) is 1.36. The fourth-order valence-corrected chi connectivity index (χ4v) is 1.36. The van der Waals surface area contributed by atoms with Crippen LogP contribution in [0.2, 0.25) is 0 Å². The average molecular weight is 218 g/mol. The van der Waals surface area contributed by atoms with Crippen LogP contribution in [0.25, 0.3) is 10.9 Å². The number of hydrogen-bond donors (Lipinski definition) is 2. The van der Waals surface area contributed by atoms with Gasteiger partial charge in [-0.3, -0.25) is 4.98 Å². The SMILES string of the molecule is O=C(O)c1cc(C(=O)O)c2cnccc2n1. The minimum Gasteiger partial charge on any atom is -0.478 e. The predicted octanol–water partition coefficient (Wildman–Crippen LogP) is 1.03. The average Bonchev–Trinajstić information content (AvgIpc) is 2.27. The largest absolute Gasteiger partial charge is 0.478 e. The van der Waals surface area contributed by atoms with Crippen molar-refractivity contribution in [3.05, 3.63) is 35.8 Å². The highest BCUT2D eigenvalue weighted by Crippen LogP contribution is 2.17. The number of aromatic nitrogens is 2. The molecule has 2 N–H and O–H groups in total. The van der Waals surface area contributed by atoms with E-state index in [4.69, 9.17) is 10.2 Å². The molecule has 2 heterocycles. The molecule has 0 spiro atoms. The molecule has 2 aromatic rings. The van der Waals surface area contributed by atoms with Gasteiger partial charge in [0.25, 0.3) is 0 Å². The molecule has 0 bridgehead atoms. The van der Waals surface area contributed by atoms with E-state index in [0.29, 0.717) is 10.9 Å². The third kappa shape index (κ3) is 1.56. The van der Waals surface area contributed by atoms with Crippen LogP contribution in [0.15, 0.2) is 24.5 Å². The third-order valence-corrected chi connectivity index (χ3v) is 2.06. The highest BCUT2D eigenvalue weighted by atomic mass is 16.4. The lowest BCUT2D eigenvalue weighted by Gasteiger charge is -2.02. The van der Waals surface area contributed by atoms with Crippen molar-refractivity contribution in [1.82, 2.24) is 9.97 Å². The van der Waals surface area contributed by atoms with Gasteiger partial charge in [-0.15, -0.1) is 0 Å². The molecule has 0 saturated heterocycles. The highest BCUT2D eigenvalue weighted by Gasteiger charge is 2.14. The molecule has 0 aliphatic rings. The molecule has 2 rings (SSSR count). The maximum Gasteiger partial charge on any atom is 0.354 e. The van der Waals surface area contributed by atoms with E-state index >= 15 is 0 Å². The van der Waals surface area contributed by atoms with Crippen molar-refractivity contribution in [2.45, 2.75) is 0 Å². The van der Waals surface area contributed by atoms with Crippen LogP contribution in [-0.2, 0) is 0 Å². The van der Waals surface area contributed by atoms with Crippen molar-refractivity contribution in [3.63, 3.8) is 0 Å². The summed E-state index contributed by atoms with van der Waals surface area (Å²) >= 11 is 0. The van der Waals surface area contributed by atoms with Crippen molar-refractivity contribution >= 4 is 22.8 Å². The number of aromatic carboxylic acids is 2. The van der Waals surface area contributed by atoms with E-state index in [0.717, 1.165) is 6.07 Å².